The lowest BCUT2D eigenvalue weighted by Gasteiger charge is -2.27. The first-order valence-corrected chi connectivity index (χ1v) is 11.7. The summed E-state index contributed by atoms with van der Waals surface area (Å²) >= 11 is 0. The summed E-state index contributed by atoms with van der Waals surface area (Å²) in [5.74, 6) is 0. The molecule has 0 bridgehead atoms. The topological polar surface area (TPSA) is 18.5 Å². The van der Waals surface area contributed by atoms with Crippen molar-refractivity contribution in [1.82, 2.24) is 0 Å². The molecular formula is C29H44O2. The van der Waals surface area contributed by atoms with Gasteiger partial charge >= 0.3 is 0 Å². The summed E-state index contributed by atoms with van der Waals surface area (Å²) in [6.07, 6.45) is 1.14. The molecule has 0 fully saturated rings. The van der Waals surface area contributed by atoms with E-state index in [1.165, 1.54) is 44.5 Å². The van der Waals surface area contributed by atoms with Gasteiger partial charge in [0.1, 0.15) is 0 Å². The van der Waals surface area contributed by atoms with Crippen LogP contribution in [0.4, 0.5) is 0 Å². The summed E-state index contributed by atoms with van der Waals surface area (Å²) in [6.45, 7) is 25.0. The number of hydrogen-bond donors (Lipinski definition) is 0. The van der Waals surface area contributed by atoms with Crippen molar-refractivity contribution in [1.29, 1.82) is 0 Å². The van der Waals surface area contributed by atoms with Gasteiger partial charge in [-0.05, 0) is 89.5 Å². The Morgan fingerprint density at radius 2 is 1.03 bits per heavy atom. The van der Waals surface area contributed by atoms with Gasteiger partial charge in [-0.2, -0.15) is 0 Å². The minimum absolute atomic E-state index is 0.170. The largest absolute Gasteiger partial charge is 0.374 e. The first kappa shape index (κ1) is 25.6. The lowest BCUT2D eigenvalue weighted by molar-refractivity contribution is 0.0335. The van der Waals surface area contributed by atoms with Crippen LogP contribution in [-0.4, -0.2) is 13.2 Å². The fourth-order valence-corrected chi connectivity index (χ4v) is 4.27. The summed E-state index contributed by atoms with van der Waals surface area (Å²) < 4.78 is 11.9. The first-order chi connectivity index (χ1) is 14.4. The Morgan fingerprint density at radius 3 is 1.45 bits per heavy atom. The quantitative estimate of drug-likeness (QED) is 0.385. The molecule has 0 saturated heterocycles. The zero-order valence-corrected chi connectivity index (χ0v) is 21.7. The highest BCUT2D eigenvalue weighted by molar-refractivity contribution is 5.41. The van der Waals surface area contributed by atoms with Gasteiger partial charge in [0.25, 0.3) is 0 Å². The van der Waals surface area contributed by atoms with Crippen LogP contribution in [0.2, 0.25) is 0 Å². The lowest BCUT2D eigenvalue weighted by atomic mass is 9.78. The Balaban J connectivity index is 1.86. The summed E-state index contributed by atoms with van der Waals surface area (Å²) in [4.78, 5) is 0. The van der Waals surface area contributed by atoms with Gasteiger partial charge in [-0.25, -0.2) is 0 Å². The number of ether oxygens (including phenoxy) is 2. The van der Waals surface area contributed by atoms with Crippen LogP contribution < -0.4 is 0 Å². The molecule has 0 aliphatic heterocycles. The number of rotatable bonds is 9. The highest BCUT2D eigenvalue weighted by Crippen LogP contribution is 2.31. The Labute approximate surface area is 191 Å². The zero-order chi connectivity index (χ0) is 23.4. The van der Waals surface area contributed by atoms with E-state index in [1.54, 1.807) is 0 Å². The van der Waals surface area contributed by atoms with Crippen LogP contribution in [0, 0.1) is 27.7 Å². The molecule has 0 saturated carbocycles. The molecule has 0 N–H and O–H groups in total. The highest BCUT2D eigenvalue weighted by atomic mass is 16.5. The van der Waals surface area contributed by atoms with E-state index in [0.29, 0.717) is 26.4 Å². The van der Waals surface area contributed by atoms with Crippen LogP contribution in [-0.2, 0) is 33.5 Å². The minimum Gasteiger partial charge on any atom is -0.374 e. The van der Waals surface area contributed by atoms with Crippen LogP contribution in [0.3, 0.4) is 0 Å². The SMILES string of the molecule is CCC(C)(C)c1cc(C)c(COCCOCc2cc(C)c(C(C)(C)C)cc2C)cc1C. The second-order valence-electron chi connectivity index (χ2n) is 10.8. The fourth-order valence-electron chi connectivity index (χ4n) is 4.27. The molecule has 0 spiro atoms. The standard InChI is InChI=1S/C29H44O2/c1-11-29(9,10)27-17-21(3)25(15-23(27)5)19-31-13-12-30-18-24-14-22(4)26(16-20(24)2)28(6,7)8/h14-17H,11-13,18-19H2,1-10H3. The van der Waals surface area contributed by atoms with Crippen molar-refractivity contribution in [2.24, 2.45) is 0 Å². The molecule has 2 rings (SSSR count). The van der Waals surface area contributed by atoms with Crippen molar-refractivity contribution in [3.63, 3.8) is 0 Å². The molecule has 0 aliphatic rings. The molecule has 0 aliphatic carbocycles. The van der Waals surface area contributed by atoms with E-state index < -0.39 is 0 Å². The molecule has 2 aromatic carbocycles. The maximum atomic E-state index is 5.94. The van der Waals surface area contributed by atoms with Crippen LogP contribution in [0.15, 0.2) is 24.3 Å². The van der Waals surface area contributed by atoms with E-state index in [0.717, 1.165) is 6.42 Å². The van der Waals surface area contributed by atoms with Crippen LogP contribution in [0.1, 0.15) is 92.5 Å². The van der Waals surface area contributed by atoms with Gasteiger partial charge in [0, 0.05) is 0 Å². The summed E-state index contributed by atoms with van der Waals surface area (Å²) in [7, 11) is 0. The molecule has 0 radical (unpaired) electrons. The molecule has 2 heteroatoms. The number of aryl methyl sites for hydroxylation is 4. The molecule has 172 valence electrons. The van der Waals surface area contributed by atoms with E-state index in [4.69, 9.17) is 9.47 Å². The summed E-state index contributed by atoms with van der Waals surface area (Å²) in [6, 6.07) is 9.24. The maximum absolute atomic E-state index is 5.94. The van der Waals surface area contributed by atoms with Crippen molar-refractivity contribution < 1.29 is 9.47 Å². The van der Waals surface area contributed by atoms with Crippen molar-refractivity contribution in [3.8, 4) is 0 Å². The average Bonchev–Trinajstić information content (AvgIpc) is 2.67. The lowest BCUT2D eigenvalue weighted by Crippen LogP contribution is -2.18. The third-order valence-corrected chi connectivity index (χ3v) is 6.67. The smallest absolute Gasteiger partial charge is 0.0720 e. The summed E-state index contributed by atoms with van der Waals surface area (Å²) in [5, 5.41) is 0. The molecule has 0 aromatic heterocycles. The third kappa shape index (κ3) is 6.67. The van der Waals surface area contributed by atoms with E-state index in [-0.39, 0.29) is 10.8 Å². The molecule has 31 heavy (non-hydrogen) atoms. The van der Waals surface area contributed by atoms with E-state index in [1.807, 2.05) is 0 Å². The van der Waals surface area contributed by atoms with Gasteiger partial charge < -0.3 is 9.47 Å². The maximum Gasteiger partial charge on any atom is 0.0720 e. The molecule has 0 unspecified atom stereocenters. The summed E-state index contributed by atoms with van der Waals surface area (Å²) in [5.41, 5.74) is 11.1. The predicted octanol–water partition coefficient (Wildman–Crippen LogP) is 7.64. The van der Waals surface area contributed by atoms with Crippen molar-refractivity contribution in [3.05, 3.63) is 68.8 Å². The molecule has 0 heterocycles. The highest BCUT2D eigenvalue weighted by Gasteiger charge is 2.21. The van der Waals surface area contributed by atoms with E-state index >= 15 is 0 Å². The number of hydrogen-bond acceptors (Lipinski definition) is 2. The third-order valence-electron chi connectivity index (χ3n) is 6.67. The zero-order valence-electron chi connectivity index (χ0n) is 21.7. The number of benzene rings is 2. The van der Waals surface area contributed by atoms with Gasteiger partial charge in [0.2, 0.25) is 0 Å². The van der Waals surface area contributed by atoms with Gasteiger partial charge in [0.15, 0.2) is 0 Å². The van der Waals surface area contributed by atoms with Crippen molar-refractivity contribution in [2.45, 2.75) is 99.7 Å². The van der Waals surface area contributed by atoms with E-state index in [9.17, 15) is 0 Å². The van der Waals surface area contributed by atoms with Crippen molar-refractivity contribution in [2.75, 3.05) is 13.2 Å². The molecule has 0 amide bonds. The monoisotopic (exact) mass is 424 g/mol. The van der Waals surface area contributed by atoms with E-state index in [2.05, 4.69) is 93.5 Å². The minimum atomic E-state index is 0.170. The molecule has 2 nitrogen and oxygen atoms in total. The van der Waals surface area contributed by atoms with Gasteiger partial charge in [-0.1, -0.05) is 65.8 Å². The molecule has 2 aromatic rings. The Morgan fingerprint density at radius 1 is 0.613 bits per heavy atom. The predicted molar refractivity (Wildman–Crippen MR) is 133 cm³/mol. The second-order valence-corrected chi connectivity index (χ2v) is 10.8. The molecule has 0 atom stereocenters. The van der Waals surface area contributed by atoms with Gasteiger partial charge in [-0.3, -0.25) is 0 Å². The second kappa shape index (κ2) is 10.3. The Kier molecular flexibility index (Phi) is 8.53. The van der Waals surface area contributed by atoms with Crippen molar-refractivity contribution >= 4 is 0 Å². The van der Waals surface area contributed by atoms with Crippen LogP contribution in [0.25, 0.3) is 0 Å². The van der Waals surface area contributed by atoms with Crippen LogP contribution in [0.5, 0.6) is 0 Å². The van der Waals surface area contributed by atoms with Crippen LogP contribution >= 0.6 is 0 Å². The van der Waals surface area contributed by atoms with Gasteiger partial charge in [-0.15, -0.1) is 0 Å². The Bertz CT molecular complexity index is 885. The van der Waals surface area contributed by atoms with Gasteiger partial charge in [0.05, 0.1) is 26.4 Å². The fraction of sp³-hybridized carbons (Fsp3) is 0.586. The first-order valence-electron chi connectivity index (χ1n) is 11.7. The normalized spacial score (nSPS) is 12.5. The Hall–Kier alpha value is -1.64. The molecular weight excluding hydrogens is 380 g/mol. The average molecular weight is 425 g/mol.